The highest BCUT2D eigenvalue weighted by molar-refractivity contribution is 5.76. The van der Waals surface area contributed by atoms with Gasteiger partial charge >= 0.3 is 0 Å². The Kier molecular flexibility index (Phi) is 6.59. The number of nitrogens with one attached hydrogen (secondary N) is 1. The molecule has 3 fully saturated rings. The SMILES string of the molecule is COCCC(=O)N[C@H]1C(C)(C)[C@@H]2C[C@@H]3[C@@H](c4ccc(OC)c(CN(C)C)c4)OCC[C@@]31C2. The normalized spacial score (nSPS) is 32.7. The number of methoxy groups -OCH3 is 2. The number of ether oxygens (including phenoxy) is 3. The number of amides is 1. The topological polar surface area (TPSA) is 60.0 Å². The molecular formula is C26H40N2O4. The molecular weight excluding hydrogens is 404 g/mol. The van der Waals surface area contributed by atoms with Gasteiger partial charge in [-0.05, 0) is 73.7 Å². The van der Waals surface area contributed by atoms with Crippen LogP contribution in [-0.2, 0) is 20.8 Å². The highest BCUT2D eigenvalue weighted by Gasteiger charge is 2.68. The van der Waals surface area contributed by atoms with Crippen LogP contribution in [0.5, 0.6) is 5.75 Å². The summed E-state index contributed by atoms with van der Waals surface area (Å²) in [5.41, 5.74) is 2.62. The Bertz CT molecular complexity index is 839. The molecule has 1 aromatic carbocycles. The minimum absolute atomic E-state index is 0.0649. The van der Waals surface area contributed by atoms with Crippen molar-refractivity contribution in [3.05, 3.63) is 29.3 Å². The Labute approximate surface area is 193 Å². The van der Waals surface area contributed by atoms with E-state index >= 15 is 0 Å². The molecule has 2 saturated carbocycles. The first-order chi connectivity index (χ1) is 15.2. The van der Waals surface area contributed by atoms with E-state index < -0.39 is 0 Å². The van der Waals surface area contributed by atoms with Gasteiger partial charge in [0.1, 0.15) is 5.75 Å². The Hall–Kier alpha value is -1.63. The van der Waals surface area contributed by atoms with Gasteiger partial charge in [-0.15, -0.1) is 0 Å². The second kappa shape index (κ2) is 8.96. The van der Waals surface area contributed by atoms with E-state index in [2.05, 4.69) is 56.4 Å². The molecule has 32 heavy (non-hydrogen) atoms. The van der Waals surface area contributed by atoms with Crippen LogP contribution in [0.1, 0.15) is 56.8 Å². The average Bonchev–Trinajstić information content (AvgIpc) is 3.24. The Balaban J connectivity index is 1.63. The molecule has 1 aromatic rings. The molecule has 6 heteroatoms. The minimum atomic E-state index is 0.0649. The van der Waals surface area contributed by atoms with Crippen molar-refractivity contribution in [2.24, 2.45) is 22.7 Å². The van der Waals surface area contributed by atoms with Gasteiger partial charge in [0.2, 0.25) is 5.91 Å². The maximum absolute atomic E-state index is 12.7. The molecule has 1 amide bonds. The molecule has 1 heterocycles. The quantitative estimate of drug-likeness (QED) is 0.661. The lowest BCUT2D eigenvalue weighted by Gasteiger charge is -2.53. The fraction of sp³-hybridized carbons (Fsp3) is 0.731. The van der Waals surface area contributed by atoms with Crippen LogP contribution in [-0.4, -0.2) is 58.4 Å². The van der Waals surface area contributed by atoms with Crippen molar-refractivity contribution in [1.29, 1.82) is 0 Å². The average molecular weight is 445 g/mol. The largest absolute Gasteiger partial charge is 0.496 e. The maximum Gasteiger partial charge on any atom is 0.222 e. The van der Waals surface area contributed by atoms with Gasteiger partial charge in [0, 0.05) is 38.3 Å². The molecule has 1 spiro atoms. The zero-order chi connectivity index (χ0) is 23.1. The fourth-order valence-corrected chi connectivity index (χ4v) is 6.98. The molecule has 6 nitrogen and oxygen atoms in total. The first-order valence-electron chi connectivity index (χ1n) is 11.9. The molecule has 1 saturated heterocycles. The summed E-state index contributed by atoms with van der Waals surface area (Å²) in [6.07, 6.45) is 3.85. The number of hydrogen-bond acceptors (Lipinski definition) is 5. The van der Waals surface area contributed by atoms with E-state index in [9.17, 15) is 4.79 Å². The minimum Gasteiger partial charge on any atom is -0.496 e. The summed E-state index contributed by atoms with van der Waals surface area (Å²) in [5, 5.41) is 3.45. The van der Waals surface area contributed by atoms with Crippen LogP contribution in [0.3, 0.4) is 0 Å². The van der Waals surface area contributed by atoms with Gasteiger partial charge in [0.25, 0.3) is 0 Å². The van der Waals surface area contributed by atoms with Crippen molar-refractivity contribution < 1.29 is 19.0 Å². The van der Waals surface area contributed by atoms with Crippen LogP contribution in [0, 0.1) is 22.7 Å². The Morgan fingerprint density at radius 3 is 2.75 bits per heavy atom. The lowest BCUT2D eigenvalue weighted by Crippen LogP contribution is -2.59. The van der Waals surface area contributed by atoms with E-state index in [4.69, 9.17) is 14.2 Å². The van der Waals surface area contributed by atoms with E-state index in [1.165, 1.54) is 17.5 Å². The summed E-state index contributed by atoms with van der Waals surface area (Å²) in [6.45, 7) is 6.72. The summed E-state index contributed by atoms with van der Waals surface area (Å²) in [7, 11) is 7.53. The Morgan fingerprint density at radius 2 is 2.06 bits per heavy atom. The van der Waals surface area contributed by atoms with Crippen LogP contribution in [0.15, 0.2) is 18.2 Å². The van der Waals surface area contributed by atoms with Crippen molar-refractivity contribution in [3.63, 3.8) is 0 Å². The van der Waals surface area contributed by atoms with E-state index in [1.807, 2.05) is 0 Å². The van der Waals surface area contributed by atoms with E-state index in [0.29, 0.717) is 24.9 Å². The molecule has 0 radical (unpaired) electrons. The molecule has 1 aliphatic heterocycles. The number of nitrogens with zero attached hydrogens (tertiary/aromatic N) is 1. The van der Waals surface area contributed by atoms with Crippen LogP contribution < -0.4 is 10.1 Å². The van der Waals surface area contributed by atoms with Crippen LogP contribution in [0.2, 0.25) is 0 Å². The first-order valence-corrected chi connectivity index (χ1v) is 11.9. The molecule has 4 rings (SSSR count). The van der Waals surface area contributed by atoms with Crippen molar-refractivity contribution >= 4 is 5.91 Å². The highest BCUT2D eigenvalue weighted by atomic mass is 16.5. The summed E-state index contributed by atoms with van der Waals surface area (Å²) < 4.78 is 17.2. The van der Waals surface area contributed by atoms with Gasteiger partial charge < -0.3 is 24.4 Å². The number of hydrogen-bond donors (Lipinski definition) is 1. The monoisotopic (exact) mass is 444 g/mol. The van der Waals surface area contributed by atoms with E-state index in [1.54, 1.807) is 14.2 Å². The Morgan fingerprint density at radius 1 is 1.28 bits per heavy atom. The van der Waals surface area contributed by atoms with Crippen LogP contribution >= 0.6 is 0 Å². The maximum atomic E-state index is 12.7. The molecule has 0 aromatic heterocycles. The van der Waals surface area contributed by atoms with Crippen molar-refractivity contribution in [3.8, 4) is 5.75 Å². The zero-order valence-electron chi connectivity index (χ0n) is 20.6. The van der Waals surface area contributed by atoms with Crippen LogP contribution in [0.4, 0.5) is 0 Å². The van der Waals surface area contributed by atoms with Gasteiger partial charge in [-0.1, -0.05) is 19.9 Å². The van der Waals surface area contributed by atoms with Crippen molar-refractivity contribution in [2.75, 3.05) is 41.5 Å². The third-order valence-corrected chi connectivity index (χ3v) is 8.46. The van der Waals surface area contributed by atoms with E-state index in [-0.39, 0.29) is 28.9 Å². The van der Waals surface area contributed by atoms with E-state index in [0.717, 1.165) is 31.7 Å². The van der Waals surface area contributed by atoms with Gasteiger partial charge in [-0.25, -0.2) is 0 Å². The molecule has 3 aliphatic rings. The summed E-state index contributed by atoms with van der Waals surface area (Å²) in [6, 6.07) is 6.70. The number of carbonyl (C=O) groups excluding carboxylic acids is 1. The number of rotatable bonds is 8. The van der Waals surface area contributed by atoms with Crippen LogP contribution in [0.25, 0.3) is 0 Å². The zero-order valence-corrected chi connectivity index (χ0v) is 20.6. The van der Waals surface area contributed by atoms with Gasteiger partial charge in [-0.2, -0.15) is 0 Å². The molecule has 2 aliphatic carbocycles. The third kappa shape index (κ3) is 3.95. The van der Waals surface area contributed by atoms with Gasteiger partial charge in [-0.3, -0.25) is 4.79 Å². The molecule has 1 N–H and O–H groups in total. The highest BCUT2D eigenvalue weighted by Crippen LogP contribution is 2.70. The number of fused-ring (bicyclic) bond motifs is 1. The fourth-order valence-electron chi connectivity index (χ4n) is 6.98. The van der Waals surface area contributed by atoms with Gasteiger partial charge in [0.05, 0.1) is 19.8 Å². The second-order valence-electron chi connectivity index (χ2n) is 10.9. The summed E-state index contributed by atoms with van der Waals surface area (Å²) >= 11 is 0. The van der Waals surface area contributed by atoms with Gasteiger partial charge in [0.15, 0.2) is 0 Å². The summed E-state index contributed by atoms with van der Waals surface area (Å²) in [5.74, 6) is 2.04. The molecule has 178 valence electrons. The number of benzene rings is 1. The lowest BCUT2D eigenvalue weighted by atomic mass is 9.58. The lowest BCUT2D eigenvalue weighted by molar-refractivity contribution is -0.137. The third-order valence-electron chi connectivity index (χ3n) is 8.46. The molecule has 0 unspecified atom stereocenters. The smallest absolute Gasteiger partial charge is 0.222 e. The van der Waals surface area contributed by atoms with Crippen molar-refractivity contribution in [2.45, 2.75) is 58.2 Å². The molecule has 5 atom stereocenters. The predicted octanol–water partition coefficient (Wildman–Crippen LogP) is 3.79. The second-order valence-corrected chi connectivity index (χ2v) is 10.9. The first kappa shape index (κ1) is 23.5. The predicted molar refractivity (Wildman–Crippen MR) is 125 cm³/mol. The summed E-state index contributed by atoms with van der Waals surface area (Å²) in [4.78, 5) is 14.9. The van der Waals surface area contributed by atoms with Crippen molar-refractivity contribution in [1.82, 2.24) is 10.2 Å². The number of carbonyl (C=O) groups is 1. The molecule has 2 bridgehead atoms. The standard InChI is InChI=1S/C26H40N2O4/c1-25(2)19-14-20-23(17-7-8-21(31-6)18(13-17)16-28(3)4)32-12-10-26(20,15-19)24(25)27-22(29)9-11-30-5/h7-8,13,19-20,23-24H,9-12,14-16H2,1-6H3,(H,27,29)/t19-,20-,23-,24+,26-/m1/s1.